The predicted molar refractivity (Wildman–Crippen MR) is 96.4 cm³/mol. The van der Waals surface area contributed by atoms with E-state index >= 15 is 0 Å². The number of rotatable bonds is 8. The van der Waals surface area contributed by atoms with Crippen LogP contribution in [0.5, 0.6) is 5.75 Å². The van der Waals surface area contributed by atoms with E-state index in [0.29, 0.717) is 0 Å². The summed E-state index contributed by atoms with van der Waals surface area (Å²) in [6, 6.07) is 1.40. The zero-order valence-electron chi connectivity index (χ0n) is 15.2. The SMILES string of the molecule is COC(=O)N(C1(COc2cnc(Cl)c(C(=O)NC3CC3)c2)CC1)S(=O)(=O)C(F)F. The summed E-state index contributed by atoms with van der Waals surface area (Å²) in [7, 11) is -4.35. The van der Waals surface area contributed by atoms with Crippen LogP contribution in [0.2, 0.25) is 5.15 Å². The molecule has 13 heteroatoms. The number of alkyl halides is 2. The Kier molecular flexibility index (Phi) is 5.86. The molecule has 1 aromatic rings. The lowest BCUT2D eigenvalue weighted by molar-refractivity contribution is 0.0950. The van der Waals surface area contributed by atoms with Gasteiger partial charge in [-0.2, -0.15) is 13.1 Å². The van der Waals surface area contributed by atoms with E-state index in [0.717, 1.165) is 20.0 Å². The average molecular weight is 454 g/mol. The van der Waals surface area contributed by atoms with Gasteiger partial charge in [0.2, 0.25) is 0 Å². The first kappa shape index (κ1) is 21.5. The van der Waals surface area contributed by atoms with Crippen LogP contribution in [0.15, 0.2) is 12.3 Å². The molecule has 0 saturated heterocycles. The third-order valence-electron chi connectivity index (χ3n) is 4.56. The Morgan fingerprint density at radius 3 is 2.59 bits per heavy atom. The number of hydrogen-bond acceptors (Lipinski definition) is 7. The van der Waals surface area contributed by atoms with Gasteiger partial charge < -0.3 is 14.8 Å². The first-order valence-corrected chi connectivity index (χ1v) is 10.5. The van der Waals surface area contributed by atoms with Gasteiger partial charge in [-0.25, -0.2) is 18.2 Å². The third-order valence-corrected chi connectivity index (χ3v) is 6.35. The largest absolute Gasteiger partial charge is 0.489 e. The standard InChI is InChI=1S/C16H18ClF2N3O6S/c1-27-15(24)22(29(25,26)14(18)19)16(4-5-16)8-28-10-6-11(12(17)20-7-10)13(23)21-9-2-3-9/h6-7,9,14H,2-5,8H2,1H3,(H,21,23). The molecule has 0 aromatic carbocycles. The van der Waals surface area contributed by atoms with Crippen LogP contribution in [0, 0.1) is 0 Å². The molecule has 2 fully saturated rings. The van der Waals surface area contributed by atoms with Crippen LogP contribution >= 0.6 is 11.6 Å². The topological polar surface area (TPSA) is 115 Å². The van der Waals surface area contributed by atoms with Gasteiger partial charge in [0.25, 0.3) is 5.91 Å². The molecule has 2 saturated carbocycles. The Hall–Kier alpha value is -2.21. The van der Waals surface area contributed by atoms with E-state index in [9.17, 15) is 26.8 Å². The second kappa shape index (κ2) is 7.90. The summed E-state index contributed by atoms with van der Waals surface area (Å²) in [6.45, 7) is -0.416. The Balaban J connectivity index is 1.77. The summed E-state index contributed by atoms with van der Waals surface area (Å²) in [5, 5.41) is 2.70. The molecule has 2 aliphatic carbocycles. The van der Waals surface area contributed by atoms with Crippen molar-refractivity contribution in [2.75, 3.05) is 13.7 Å². The highest BCUT2D eigenvalue weighted by Gasteiger charge is 2.59. The lowest BCUT2D eigenvalue weighted by Crippen LogP contribution is -2.51. The maximum absolute atomic E-state index is 13.0. The molecule has 0 atom stereocenters. The Labute approximate surface area is 170 Å². The molecular weight excluding hydrogens is 436 g/mol. The van der Waals surface area contributed by atoms with Crippen molar-refractivity contribution in [3.05, 3.63) is 23.0 Å². The van der Waals surface area contributed by atoms with E-state index in [-0.39, 0.29) is 39.7 Å². The zero-order chi connectivity index (χ0) is 21.4. The molecule has 0 radical (unpaired) electrons. The lowest BCUT2D eigenvalue weighted by Gasteiger charge is -2.29. The number of nitrogens with one attached hydrogen (secondary N) is 1. The van der Waals surface area contributed by atoms with Crippen molar-refractivity contribution in [2.45, 2.75) is 43.0 Å². The van der Waals surface area contributed by atoms with Crippen molar-refractivity contribution in [3.63, 3.8) is 0 Å². The molecule has 160 valence electrons. The van der Waals surface area contributed by atoms with Gasteiger partial charge in [-0.1, -0.05) is 11.6 Å². The van der Waals surface area contributed by atoms with Gasteiger partial charge in [0.1, 0.15) is 17.5 Å². The Morgan fingerprint density at radius 1 is 1.41 bits per heavy atom. The van der Waals surface area contributed by atoms with Gasteiger partial charge >= 0.3 is 21.9 Å². The van der Waals surface area contributed by atoms with Gasteiger partial charge in [0.05, 0.1) is 24.4 Å². The van der Waals surface area contributed by atoms with E-state index in [2.05, 4.69) is 15.0 Å². The van der Waals surface area contributed by atoms with Crippen LogP contribution < -0.4 is 10.1 Å². The predicted octanol–water partition coefficient (Wildman–Crippen LogP) is 2.16. The number of sulfonamides is 1. The quantitative estimate of drug-likeness (QED) is 0.600. The summed E-state index contributed by atoms with van der Waals surface area (Å²) in [4.78, 5) is 28.0. The van der Waals surface area contributed by atoms with E-state index in [1.807, 2.05) is 0 Å². The van der Waals surface area contributed by atoms with Crippen LogP contribution in [0.25, 0.3) is 0 Å². The zero-order valence-corrected chi connectivity index (χ0v) is 16.8. The Bertz CT molecular complexity index is 921. The van der Waals surface area contributed by atoms with Crippen molar-refractivity contribution in [3.8, 4) is 5.75 Å². The minimum absolute atomic E-state index is 0.0364. The normalized spacial score (nSPS) is 17.6. The molecule has 2 amide bonds. The number of halogens is 3. The number of ether oxygens (including phenoxy) is 2. The van der Waals surface area contributed by atoms with Crippen molar-refractivity contribution in [1.29, 1.82) is 0 Å². The number of methoxy groups -OCH3 is 1. The maximum atomic E-state index is 13.0. The van der Waals surface area contributed by atoms with Crippen LogP contribution in [-0.2, 0) is 14.8 Å². The van der Waals surface area contributed by atoms with E-state index in [4.69, 9.17) is 16.3 Å². The van der Waals surface area contributed by atoms with Gasteiger partial charge in [-0.3, -0.25) is 4.79 Å². The molecule has 1 N–H and O–H groups in total. The smallest absolute Gasteiger partial charge is 0.424 e. The minimum atomic E-state index is -5.24. The highest BCUT2D eigenvalue weighted by atomic mass is 35.5. The number of aromatic nitrogens is 1. The fourth-order valence-electron chi connectivity index (χ4n) is 2.66. The van der Waals surface area contributed by atoms with Gasteiger partial charge in [-0.15, -0.1) is 0 Å². The molecule has 1 heterocycles. The molecule has 0 aliphatic heterocycles. The number of hydrogen-bond donors (Lipinski definition) is 1. The first-order chi connectivity index (χ1) is 13.6. The average Bonchev–Trinajstić information content (AvgIpc) is 3.58. The summed E-state index contributed by atoms with van der Waals surface area (Å²) in [5.41, 5.74) is -1.44. The molecule has 3 rings (SSSR count). The lowest BCUT2D eigenvalue weighted by atomic mass is 10.2. The second-order valence-electron chi connectivity index (χ2n) is 6.81. The minimum Gasteiger partial charge on any atom is -0.489 e. The second-order valence-corrected chi connectivity index (χ2v) is 8.92. The van der Waals surface area contributed by atoms with Crippen LogP contribution in [0.3, 0.4) is 0 Å². The molecule has 29 heavy (non-hydrogen) atoms. The fourth-order valence-corrected chi connectivity index (χ4v) is 4.06. The number of amides is 2. The highest BCUT2D eigenvalue weighted by molar-refractivity contribution is 7.89. The number of carbonyl (C=O) groups is 2. The van der Waals surface area contributed by atoms with Crippen LogP contribution in [0.4, 0.5) is 13.6 Å². The van der Waals surface area contributed by atoms with Crippen molar-refractivity contribution in [1.82, 2.24) is 14.6 Å². The molecule has 2 aliphatic rings. The van der Waals surface area contributed by atoms with Gasteiger partial charge in [-0.05, 0) is 31.7 Å². The maximum Gasteiger partial charge on any atom is 0.424 e. The number of nitrogens with zero attached hydrogens (tertiary/aromatic N) is 2. The fraction of sp³-hybridized carbons (Fsp3) is 0.562. The molecular formula is C16H18ClF2N3O6S. The summed E-state index contributed by atoms with van der Waals surface area (Å²) in [5.74, 6) is -4.16. The van der Waals surface area contributed by atoms with E-state index < -0.39 is 39.9 Å². The van der Waals surface area contributed by atoms with E-state index in [1.165, 1.54) is 12.3 Å². The summed E-state index contributed by atoms with van der Waals surface area (Å²) in [6.07, 6.45) is 1.75. The van der Waals surface area contributed by atoms with Crippen LogP contribution in [0.1, 0.15) is 36.0 Å². The summed E-state index contributed by atoms with van der Waals surface area (Å²) < 4.78 is 59.9. The van der Waals surface area contributed by atoms with Gasteiger partial charge in [0, 0.05) is 6.04 Å². The van der Waals surface area contributed by atoms with Crippen LogP contribution in [-0.4, -0.2) is 60.8 Å². The molecule has 0 unspecified atom stereocenters. The van der Waals surface area contributed by atoms with Gasteiger partial charge in [0.15, 0.2) is 0 Å². The number of carbonyl (C=O) groups excluding carboxylic acids is 2. The molecule has 9 nitrogen and oxygen atoms in total. The van der Waals surface area contributed by atoms with E-state index in [1.54, 1.807) is 0 Å². The van der Waals surface area contributed by atoms with Crippen molar-refractivity contribution >= 4 is 33.6 Å². The monoisotopic (exact) mass is 453 g/mol. The number of pyridine rings is 1. The Morgan fingerprint density at radius 2 is 2.07 bits per heavy atom. The first-order valence-electron chi connectivity index (χ1n) is 8.60. The van der Waals surface area contributed by atoms with Crippen molar-refractivity contribution in [2.24, 2.45) is 0 Å². The molecule has 1 aromatic heterocycles. The third kappa shape index (κ3) is 4.53. The van der Waals surface area contributed by atoms with Crippen molar-refractivity contribution < 1.29 is 36.3 Å². The molecule has 0 bridgehead atoms. The summed E-state index contributed by atoms with van der Waals surface area (Å²) >= 11 is 5.94. The molecule has 0 spiro atoms. The highest BCUT2D eigenvalue weighted by Crippen LogP contribution is 2.45.